The highest BCUT2D eigenvalue weighted by molar-refractivity contribution is 5.81. The van der Waals surface area contributed by atoms with Crippen molar-refractivity contribution in [2.75, 3.05) is 13.6 Å². The van der Waals surface area contributed by atoms with E-state index in [4.69, 9.17) is 0 Å². The zero-order valence-electron chi connectivity index (χ0n) is 12.2. The van der Waals surface area contributed by atoms with Crippen LogP contribution in [-0.2, 0) is 11.3 Å². The molecule has 0 bridgehead atoms. The summed E-state index contributed by atoms with van der Waals surface area (Å²) in [5, 5.41) is 7.17. The molecule has 0 spiro atoms. The van der Waals surface area contributed by atoms with Crippen molar-refractivity contribution >= 4 is 16.8 Å². The monoisotopic (exact) mass is 271 g/mol. The molecule has 106 valence electrons. The van der Waals surface area contributed by atoms with Crippen LogP contribution in [0.3, 0.4) is 0 Å². The molecule has 1 amide bonds. The van der Waals surface area contributed by atoms with Gasteiger partial charge in [0.25, 0.3) is 0 Å². The fourth-order valence-electron chi connectivity index (χ4n) is 2.17. The summed E-state index contributed by atoms with van der Waals surface area (Å²) >= 11 is 0. The van der Waals surface area contributed by atoms with E-state index < -0.39 is 5.41 Å². The van der Waals surface area contributed by atoms with Crippen LogP contribution in [0, 0.1) is 5.41 Å². The molecule has 0 radical (unpaired) electrons. The highest BCUT2D eigenvalue weighted by Crippen LogP contribution is 2.15. The first kappa shape index (κ1) is 14.5. The molecule has 2 rings (SSSR count). The summed E-state index contributed by atoms with van der Waals surface area (Å²) in [4.78, 5) is 16.0. The number of nitrogens with one attached hydrogen (secondary N) is 2. The largest absolute Gasteiger partial charge is 0.359 e. The van der Waals surface area contributed by atoms with Gasteiger partial charge in [0.1, 0.15) is 0 Å². The Morgan fingerprint density at radius 2 is 2.10 bits per heavy atom. The van der Waals surface area contributed by atoms with Gasteiger partial charge in [0.05, 0.1) is 10.9 Å². The lowest BCUT2D eigenvalue weighted by Gasteiger charge is -2.23. The van der Waals surface area contributed by atoms with E-state index in [9.17, 15) is 4.79 Å². The first-order chi connectivity index (χ1) is 9.53. The maximum absolute atomic E-state index is 11.7. The summed E-state index contributed by atoms with van der Waals surface area (Å²) < 4.78 is 0. The lowest BCUT2D eigenvalue weighted by atomic mass is 9.92. The van der Waals surface area contributed by atoms with E-state index >= 15 is 0 Å². The number of hydrogen-bond acceptors (Lipinski definition) is 3. The molecule has 1 aromatic carbocycles. The Hall–Kier alpha value is -1.94. The van der Waals surface area contributed by atoms with Crippen LogP contribution in [0.5, 0.6) is 0 Å². The summed E-state index contributed by atoms with van der Waals surface area (Å²) in [6, 6.07) is 10.2. The van der Waals surface area contributed by atoms with E-state index in [1.54, 1.807) is 13.2 Å². The molecule has 0 aliphatic heterocycles. The number of carbonyl (C=O) groups is 1. The molecular weight excluding hydrogens is 250 g/mol. The number of carbonyl (C=O) groups excluding carboxylic acids is 1. The van der Waals surface area contributed by atoms with Crippen molar-refractivity contribution in [3.8, 4) is 0 Å². The summed E-state index contributed by atoms with van der Waals surface area (Å²) in [7, 11) is 1.67. The van der Waals surface area contributed by atoms with Gasteiger partial charge in [0.2, 0.25) is 5.91 Å². The van der Waals surface area contributed by atoms with Gasteiger partial charge in [0.15, 0.2) is 0 Å². The number of fused-ring (bicyclic) bond motifs is 1. The van der Waals surface area contributed by atoms with Crippen molar-refractivity contribution in [2.45, 2.75) is 20.4 Å². The zero-order valence-corrected chi connectivity index (χ0v) is 12.2. The standard InChI is InChI=1S/C16H21N3O/c1-16(2,15(20)17-3)11-18-10-12-6-7-14-13(9-12)5-4-8-19-14/h4-9,18H,10-11H2,1-3H3,(H,17,20). The Labute approximate surface area is 119 Å². The number of amides is 1. The molecule has 0 saturated carbocycles. The van der Waals surface area contributed by atoms with E-state index in [1.165, 1.54) is 5.56 Å². The quantitative estimate of drug-likeness (QED) is 0.875. The molecule has 2 aromatic rings. The summed E-state index contributed by atoms with van der Waals surface area (Å²) in [5.41, 5.74) is 1.79. The van der Waals surface area contributed by atoms with Crippen molar-refractivity contribution in [1.82, 2.24) is 15.6 Å². The third-order valence-electron chi connectivity index (χ3n) is 3.41. The zero-order chi connectivity index (χ0) is 14.6. The minimum Gasteiger partial charge on any atom is -0.359 e. The van der Waals surface area contributed by atoms with E-state index in [2.05, 4.69) is 33.8 Å². The third-order valence-corrected chi connectivity index (χ3v) is 3.41. The van der Waals surface area contributed by atoms with Gasteiger partial charge in [-0.1, -0.05) is 12.1 Å². The average Bonchev–Trinajstić information content (AvgIpc) is 2.46. The number of aromatic nitrogens is 1. The molecule has 0 atom stereocenters. The molecule has 0 aliphatic rings. The van der Waals surface area contributed by atoms with Gasteiger partial charge < -0.3 is 10.6 Å². The second kappa shape index (κ2) is 6.01. The number of rotatable bonds is 5. The van der Waals surface area contributed by atoms with Crippen molar-refractivity contribution in [1.29, 1.82) is 0 Å². The van der Waals surface area contributed by atoms with Gasteiger partial charge in [0, 0.05) is 31.7 Å². The molecule has 1 heterocycles. The Kier molecular flexibility index (Phi) is 4.35. The molecule has 1 aromatic heterocycles. The van der Waals surface area contributed by atoms with Gasteiger partial charge in [-0.15, -0.1) is 0 Å². The number of benzene rings is 1. The predicted octanol–water partition coefficient (Wildman–Crippen LogP) is 2.10. The third kappa shape index (κ3) is 3.33. The number of pyridine rings is 1. The minimum absolute atomic E-state index is 0.0488. The van der Waals surface area contributed by atoms with E-state index in [0.29, 0.717) is 6.54 Å². The van der Waals surface area contributed by atoms with Crippen LogP contribution in [-0.4, -0.2) is 24.5 Å². The van der Waals surface area contributed by atoms with Crippen molar-refractivity contribution in [3.05, 3.63) is 42.1 Å². The second-order valence-electron chi connectivity index (χ2n) is 5.60. The van der Waals surface area contributed by atoms with Crippen LogP contribution in [0.25, 0.3) is 10.9 Å². The average molecular weight is 271 g/mol. The molecule has 4 heteroatoms. The lowest BCUT2D eigenvalue weighted by Crippen LogP contribution is -2.41. The molecule has 0 unspecified atom stereocenters. The maximum Gasteiger partial charge on any atom is 0.226 e. The Morgan fingerprint density at radius 3 is 2.85 bits per heavy atom. The highest BCUT2D eigenvalue weighted by atomic mass is 16.2. The van der Waals surface area contributed by atoms with Gasteiger partial charge in [-0.3, -0.25) is 9.78 Å². The van der Waals surface area contributed by atoms with Crippen molar-refractivity contribution < 1.29 is 4.79 Å². The minimum atomic E-state index is -0.410. The molecule has 2 N–H and O–H groups in total. The fourth-order valence-corrected chi connectivity index (χ4v) is 2.17. The van der Waals surface area contributed by atoms with Crippen LogP contribution in [0.1, 0.15) is 19.4 Å². The van der Waals surface area contributed by atoms with Gasteiger partial charge >= 0.3 is 0 Å². The van der Waals surface area contributed by atoms with Crippen LogP contribution in [0.15, 0.2) is 36.5 Å². The normalized spacial score (nSPS) is 11.6. The van der Waals surface area contributed by atoms with Crippen LogP contribution < -0.4 is 10.6 Å². The van der Waals surface area contributed by atoms with Crippen LogP contribution in [0.4, 0.5) is 0 Å². The molecular formula is C16H21N3O. The number of nitrogens with zero attached hydrogens (tertiary/aromatic N) is 1. The highest BCUT2D eigenvalue weighted by Gasteiger charge is 2.25. The van der Waals surface area contributed by atoms with Crippen LogP contribution in [0.2, 0.25) is 0 Å². The van der Waals surface area contributed by atoms with Crippen molar-refractivity contribution in [3.63, 3.8) is 0 Å². The first-order valence-electron chi connectivity index (χ1n) is 6.79. The summed E-state index contributed by atoms with van der Waals surface area (Å²) in [6.45, 7) is 5.25. The van der Waals surface area contributed by atoms with E-state index in [1.807, 2.05) is 26.0 Å². The molecule has 4 nitrogen and oxygen atoms in total. The smallest absolute Gasteiger partial charge is 0.226 e. The topological polar surface area (TPSA) is 54.0 Å². The summed E-state index contributed by atoms with van der Waals surface area (Å²) in [6.07, 6.45) is 1.80. The lowest BCUT2D eigenvalue weighted by molar-refractivity contribution is -0.128. The van der Waals surface area contributed by atoms with Crippen LogP contribution >= 0.6 is 0 Å². The van der Waals surface area contributed by atoms with Gasteiger partial charge in [-0.25, -0.2) is 0 Å². The van der Waals surface area contributed by atoms with Gasteiger partial charge in [-0.05, 0) is 37.6 Å². The predicted molar refractivity (Wildman–Crippen MR) is 81.3 cm³/mol. The molecule has 20 heavy (non-hydrogen) atoms. The van der Waals surface area contributed by atoms with Crippen molar-refractivity contribution in [2.24, 2.45) is 5.41 Å². The Balaban J connectivity index is 1.98. The molecule has 0 aliphatic carbocycles. The number of hydrogen-bond donors (Lipinski definition) is 2. The van der Waals surface area contributed by atoms with Gasteiger partial charge in [-0.2, -0.15) is 0 Å². The molecule has 0 saturated heterocycles. The Morgan fingerprint density at radius 1 is 1.30 bits per heavy atom. The Bertz CT molecular complexity index is 607. The summed E-state index contributed by atoms with van der Waals surface area (Å²) in [5.74, 6) is 0.0488. The SMILES string of the molecule is CNC(=O)C(C)(C)CNCc1ccc2ncccc2c1. The van der Waals surface area contributed by atoms with E-state index in [-0.39, 0.29) is 5.91 Å². The van der Waals surface area contributed by atoms with E-state index in [0.717, 1.165) is 17.4 Å². The first-order valence-corrected chi connectivity index (χ1v) is 6.79. The maximum atomic E-state index is 11.7. The fraction of sp³-hybridized carbons (Fsp3) is 0.375. The second-order valence-corrected chi connectivity index (χ2v) is 5.60. The molecule has 0 fully saturated rings.